The molecule has 2 heterocycles. The molecule has 3 heteroatoms. The van der Waals surface area contributed by atoms with E-state index in [1.807, 2.05) is 36.4 Å². The van der Waals surface area contributed by atoms with E-state index < -0.39 is 6.10 Å². The zero-order valence-electron chi connectivity index (χ0n) is 17.3. The summed E-state index contributed by atoms with van der Waals surface area (Å²) < 4.78 is 6.26. The van der Waals surface area contributed by atoms with Gasteiger partial charge in [-0.25, -0.2) is 0 Å². The number of benzene rings is 2. The lowest BCUT2D eigenvalue weighted by molar-refractivity contribution is -0.160. The minimum atomic E-state index is -0.474. The first-order valence-corrected chi connectivity index (χ1v) is 10.5. The molecule has 0 amide bonds. The summed E-state index contributed by atoms with van der Waals surface area (Å²) in [4.78, 5) is 2.52. The second-order valence-electron chi connectivity index (χ2n) is 9.74. The molecule has 3 nitrogen and oxygen atoms in total. The first kappa shape index (κ1) is 19.6. The van der Waals surface area contributed by atoms with E-state index in [4.69, 9.17) is 4.74 Å². The van der Waals surface area contributed by atoms with E-state index in [0.29, 0.717) is 24.6 Å². The van der Waals surface area contributed by atoms with E-state index in [1.165, 1.54) is 19.3 Å². The van der Waals surface area contributed by atoms with Crippen molar-refractivity contribution in [3.8, 4) is 0 Å². The maximum Gasteiger partial charge on any atom is 0.108 e. The molecule has 2 saturated heterocycles. The molecule has 2 bridgehead atoms. The highest BCUT2D eigenvalue weighted by molar-refractivity contribution is 5.29. The van der Waals surface area contributed by atoms with Crippen LogP contribution in [0.2, 0.25) is 0 Å². The summed E-state index contributed by atoms with van der Waals surface area (Å²) in [6.45, 7) is 8.15. The first-order chi connectivity index (χ1) is 13.4. The van der Waals surface area contributed by atoms with E-state index in [1.54, 1.807) is 0 Å². The SMILES string of the molecule is CC1(C)C[C@H]2C[C@@](C)(C1)N2C[C@@H](O)COC(c1ccccc1)c1ccccc1. The van der Waals surface area contributed by atoms with Crippen molar-refractivity contribution in [2.45, 2.75) is 63.8 Å². The van der Waals surface area contributed by atoms with E-state index >= 15 is 0 Å². The standard InChI is InChI=1S/C25H33NO2/c1-24(2)14-21-15-25(3,18-24)26(21)16-22(27)17-28-23(19-10-6-4-7-11-19)20-12-8-5-9-13-20/h4-13,21-23,27H,14-18H2,1-3H3/t21-,22+,25-/m0/s1. The molecule has 150 valence electrons. The van der Waals surface area contributed by atoms with Gasteiger partial charge in [-0.3, -0.25) is 4.90 Å². The molecule has 3 fully saturated rings. The Hall–Kier alpha value is -1.68. The number of β-amino-alcohol motifs (C(OH)–C–C–N with tert-alkyl or cyclic N) is 1. The largest absolute Gasteiger partial charge is 0.389 e. The Balaban J connectivity index is 1.39. The van der Waals surface area contributed by atoms with Gasteiger partial charge in [0, 0.05) is 18.1 Å². The lowest BCUT2D eigenvalue weighted by atomic mass is 9.59. The Morgan fingerprint density at radius 1 is 0.964 bits per heavy atom. The molecular weight excluding hydrogens is 346 g/mol. The number of aliphatic hydroxyl groups is 1. The fourth-order valence-corrected chi connectivity index (χ4v) is 5.66. The van der Waals surface area contributed by atoms with Gasteiger partial charge in [0.2, 0.25) is 0 Å². The number of aliphatic hydroxyl groups excluding tert-OH is 1. The topological polar surface area (TPSA) is 32.7 Å². The molecule has 5 rings (SSSR count). The molecular formula is C25H33NO2. The van der Waals surface area contributed by atoms with Gasteiger partial charge in [-0.2, -0.15) is 0 Å². The molecule has 2 aliphatic heterocycles. The normalized spacial score (nSPS) is 27.4. The average molecular weight is 380 g/mol. The average Bonchev–Trinajstić information content (AvgIpc) is 2.66. The number of piperidine rings is 1. The number of nitrogens with zero attached hydrogens (tertiary/aromatic N) is 1. The van der Waals surface area contributed by atoms with Crippen molar-refractivity contribution in [1.82, 2.24) is 4.90 Å². The summed E-state index contributed by atoms with van der Waals surface area (Å²) >= 11 is 0. The molecule has 3 aliphatic rings. The number of fused-ring (bicyclic) bond motifs is 2. The maximum atomic E-state index is 10.8. The highest BCUT2D eigenvalue weighted by atomic mass is 16.5. The van der Waals surface area contributed by atoms with Gasteiger partial charge in [-0.05, 0) is 42.7 Å². The van der Waals surface area contributed by atoms with Crippen molar-refractivity contribution in [3.05, 3.63) is 71.8 Å². The molecule has 2 aromatic carbocycles. The summed E-state index contributed by atoms with van der Waals surface area (Å²) in [6.07, 6.45) is 3.08. The van der Waals surface area contributed by atoms with Gasteiger partial charge in [0.15, 0.2) is 0 Å². The second-order valence-corrected chi connectivity index (χ2v) is 9.74. The van der Waals surface area contributed by atoms with Crippen LogP contribution in [0.4, 0.5) is 0 Å². The fourth-order valence-electron chi connectivity index (χ4n) is 5.66. The third-order valence-corrected chi connectivity index (χ3v) is 6.52. The van der Waals surface area contributed by atoms with Crippen LogP contribution in [0.25, 0.3) is 0 Å². The Bertz CT molecular complexity index is 736. The predicted octanol–water partition coefficient (Wildman–Crippen LogP) is 4.81. The van der Waals surface area contributed by atoms with Crippen molar-refractivity contribution in [2.24, 2.45) is 5.41 Å². The van der Waals surface area contributed by atoms with Crippen LogP contribution < -0.4 is 0 Å². The highest BCUT2D eigenvalue weighted by Gasteiger charge is 2.56. The van der Waals surface area contributed by atoms with Crippen molar-refractivity contribution in [1.29, 1.82) is 0 Å². The Kier molecular flexibility index (Phi) is 5.34. The minimum Gasteiger partial charge on any atom is -0.389 e. The van der Waals surface area contributed by atoms with Crippen LogP contribution in [-0.2, 0) is 4.74 Å². The lowest BCUT2D eigenvalue weighted by Gasteiger charge is -2.65. The maximum absolute atomic E-state index is 10.8. The van der Waals surface area contributed by atoms with Crippen LogP contribution in [0.3, 0.4) is 0 Å². The zero-order chi connectivity index (χ0) is 19.8. The highest BCUT2D eigenvalue weighted by Crippen LogP contribution is 2.54. The monoisotopic (exact) mass is 379 g/mol. The molecule has 0 aromatic heterocycles. The van der Waals surface area contributed by atoms with Crippen LogP contribution in [0, 0.1) is 5.41 Å². The van der Waals surface area contributed by atoms with E-state index in [2.05, 4.69) is 49.9 Å². The first-order valence-electron chi connectivity index (χ1n) is 10.5. The second kappa shape index (κ2) is 7.62. The number of hydrogen-bond donors (Lipinski definition) is 1. The predicted molar refractivity (Wildman–Crippen MR) is 113 cm³/mol. The van der Waals surface area contributed by atoms with Gasteiger partial charge in [0.1, 0.15) is 6.10 Å². The Morgan fingerprint density at radius 2 is 1.54 bits per heavy atom. The number of ether oxygens (including phenoxy) is 1. The Morgan fingerprint density at radius 3 is 2.07 bits per heavy atom. The molecule has 0 spiro atoms. The Labute approximate surface area is 169 Å². The molecule has 1 N–H and O–H groups in total. The van der Waals surface area contributed by atoms with Gasteiger partial charge in [0.05, 0.1) is 12.7 Å². The zero-order valence-corrected chi connectivity index (χ0v) is 17.3. The fraction of sp³-hybridized carbons (Fsp3) is 0.520. The molecule has 0 unspecified atom stereocenters. The third kappa shape index (κ3) is 4.03. The number of hydrogen-bond acceptors (Lipinski definition) is 3. The number of rotatable bonds is 7. The van der Waals surface area contributed by atoms with Crippen LogP contribution >= 0.6 is 0 Å². The molecule has 1 aliphatic carbocycles. The van der Waals surface area contributed by atoms with E-state index in [0.717, 1.165) is 11.1 Å². The van der Waals surface area contributed by atoms with Crippen molar-refractivity contribution >= 4 is 0 Å². The molecule has 28 heavy (non-hydrogen) atoms. The molecule has 2 aromatic rings. The quantitative estimate of drug-likeness (QED) is 0.750. The van der Waals surface area contributed by atoms with Gasteiger partial charge < -0.3 is 9.84 Å². The van der Waals surface area contributed by atoms with Gasteiger partial charge in [-0.1, -0.05) is 74.5 Å². The van der Waals surface area contributed by atoms with Crippen LogP contribution in [0.15, 0.2) is 60.7 Å². The van der Waals surface area contributed by atoms with Crippen LogP contribution in [-0.4, -0.2) is 40.8 Å². The van der Waals surface area contributed by atoms with Gasteiger partial charge in [-0.15, -0.1) is 0 Å². The lowest BCUT2D eigenvalue weighted by Crippen LogP contribution is -2.71. The summed E-state index contributed by atoms with van der Waals surface area (Å²) in [5, 5.41) is 10.8. The minimum absolute atomic E-state index is 0.150. The van der Waals surface area contributed by atoms with E-state index in [-0.39, 0.29) is 11.6 Å². The molecule has 1 saturated carbocycles. The van der Waals surface area contributed by atoms with E-state index in [9.17, 15) is 5.11 Å². The smallest absolute Gasteiger partial charge is 0.108 e. The van der Waals surface area contributed by atoms with Crippen molar-refractivity contribution in [2.75, 3.05) is 13.2 Å². The van der Waals surface area contributed by atoms with Crippen LogP contribution in [0.5, 0.6) is 0 Å². The molecule has 3 atom stereocenters. The van der Waals surface area contributed by atoms with Crippen LogP contribution in [0.1, 0.15) is 57.3 Å². The van der Waals surface area contributed by atoms with Gasteiger partial charge in [0.25, 0.3) is 0 Å². The molecule has 0 radical (unpaired) electrons. The third-order valence-electron chi connectivity index (χ3n) is 6.52. The summed E-state index contributed by atoms with van der Waals surface area (Å²) in [5.41, 5.74) is 2.90. The summed E-state index contributed by atoms with van der Waals surface area (Å²) in [7, 11) is 0. The van der Waals surface area contributed by atoms with Crippen molar-refractivity contribution in [3.63, 3.8) is 0 Å². The van der Waals surface area contributed by atoms with Crippen molar-refractivity contribution < 1.29 is 9.84 Å². The summed E-state index contributed by atoms with van der Waals surface area (Å²) in [6, 6.07) is 21.2. The summed E-state index contributed by atoms with van der Waals surface area (Å²) in [5.74, 6) is 0. The van der Waals surface area contributed by atoms with Gasteiger partial charge >= 0.3 is 0 Å².